The van der Waals surface area contributed by atoms with Gasteiger partial charge in [0.05, 0.1) is 12.1 Å². The molecule has 1 N–H and O–H groups in total. The molecule has 2 unspecified atom stereocenters. The third kappa shape index (κ3) is 2.08. The van der Waals surface area contributed by atoms with Crippen LogP contribution in [0.4, 0.5) is 0 Å². The maximum absolute atomic E-state index is 10.2. The van der Waals surface area contributed by atoms with Crippen molar-refractivity contribution in [2.75, 3.05) is 0 Å². The van der Waals surface area contributed by atoms with E-state index in [2.05, 4.69) is 55.7 Å². The summed E-state index contributed by atoms with van der Waals surface area (Å²) in [6.07, 6.45) is 2.78. The largest absolute Gasteiger partial charge is 0.388 e. The standard InChI is InChI=1S/C18H23NO/c1-12-7-4-5-8-15(12)14(3)19-13(2)11-16-17(19)9-6-10-18(16)20/h4-5,7-8,11,14,18,20H,6,9-10H2,1-3H3. The van der Waals surface area contributed by atoms with Crippen molar-refractivity contribution < 1.29 is 5.11 Å². The summed E-state index contributed by atoms with van der Waals surface area (Å²) in [4.78, 5) is 0. The van der Waals surface area contributed by atoms with Crippen molar-refractivity contribution in [2.45, 2.75) is 52.2 Å². The van der Waals surface area contributed by atoms with Crippen LogP contribution in [0.2, 0.25) is 0 Å². The van der Waals surface area contributed by atoms with Crippen molar-refractivity contribution in [3.05, 3.63) is 58.4 Å². The van der Waals surface area contributed by atoms with E-state index in [0.29, 0.717) is 6.04 Å². The van der Waals surface area contributed by atoms with Crippen LogP contribution in [0.1, 0.15) is 60.0 Å². The van der Waals surface area contributed by atoms with Gasteiger partial charge in [0.2, 0.25) is 0 Å². The lowest BCUT2D eigenvalue weighted by molar-refractivity contribution is 0.155. The molecule has 1 aliphatic carbocycles. The summed E-state index contributed by atoms with van der Waals surface area (Å²) in [6, 6.07) is 11.1. The summed E-state index contributed by atoms with van der Waals surface area (Å²) in [7, 11) is 0. The van der Waals surface area contributed by atoms with Gasteiger partial charge in [-0.2, -0.15) is 0 Å². The summed E-state index contributed by atoms with van der Waals surface area (Å²) in [5, 5.41) is 10.2. The Kier molecular flexibility index (Phi) is 3.43. The Bertz CT molecular complexity index is 626. The predicted molar refractivity (Wildman–Crippen MR) is 82.1 cm³/mol. The fourth-order valence-corrected chi connectivity index (χ4v) is 3.64. The zero-order chi connectivity index (χ0) is 14.3. The number of aliphatic hydroxyl groups excluding tert-OH is 1. The van der Waals surface area contributed by atoms with Gasteiger partial charge in [-0.15, -0.1) is 0 Å². The minimum absolute atomic E-state index is 0.275. The van der Waals surface area contributed by atoms with Gasteiger partial charge in [0, 0.05) is 17.0 Å². The molecule has 2 heteroatoms. The van der Waals surface area contributed by atoms with Gasteiger partial charge < -0.3 is 9.67 Å². The third-order valence-electron chi connectivity index (χ3n) is 4.64. The Labute approximate surface area is 121 Å². The Morgan fingerprint density at radius 1 is 1.25 bits per heavy atom. The number of aryl methyl sites for hydroxylation is 2. The highest BCUT2D eigenvalue weighted by molar-refractivity contribution is 5.36. The minimum atomic E-state index is -0.275. The average molecular weight is 269 g/mol. The van der Waals surface area contributed by atoms with E-state index in [1.54, 1.807) is 0 Å². The highest BCUT2D eigenvalue weighted by Crippen LogP contribution is 2.35. The number of fused-ring (bicyclic) bond motifs is 1. The SMILES string of the molecule is Cc1ccccc1C(C)n1c(C)cc2c1CCCC2O. The van der Waals surface area contributed by atoms with Crippen molar-refractivity contribution in [2.24, 2.45) is 0 Å². The fraction of sp³-hybridized carbons (Fsp3) is 0.444. The minimum Gasteiger partial charge on any atom is -0.388 e. The van der Waals surface area contributed by atoms with Crippen LogP contribution in [0, 0.1) is 13.8 Å². The van der Waals surface area contributed by atoms with Crippen LogP contribution in [0.15, 0.2) is 30.3 Å². The Morgan fingerprint density at radius 3 is 2.75 bits per heavy atom. The average Bonchev–Trinajstić information content (AvgIpc) is 2.76. The van der Waals surface area contributed by atoms with Crippen LogP contribution in [0.3, 0.4) is 0 Å². The van der Waals surface area contributed by atoms with Crippen LogP contribution in [0.5, 0.6) is 0 Å². The van der Waals surface area contributed by atoms with E-state index in [9.17, 15) is 5.11 Å². The molecule has 0 bridgehead atoms. The van der Waals surface area contributed by atoms with Gasteiger partial charge in [-0.1, -0.05) is 24.3 Å². The van der Waals surface area contributed by atoms with Gasteiger partial charge in [0.15, 0.2) is 0 Å². The molecule has 2 nitrogen and oxygen atoms in total. The summed E-state index contributed by atoms with van der Waals surface area (Å²) in [5.41, 5.74) is 6.44. The number of rotatable bonds is 2. The number of benzene rings is 1. The fourth-order valence-electron chi connectivity index (χ4n) is 3.64. The maximum atomic E-state index is 10.2. The monoisotopic (exact) mass is 269 g/mol. The van der Waals surface area contributed by atoms with E-state index in [1.165, 1.54) is 22.5 Å². The summed E-state index contributed by atoms with van der Waals surface area (Å²) < 4.78 is 2.42. The molecule has 2 aromatic rings. The smallest absolute Gasteiger partial charge is 0.0807 e. The van der Waals surface area contributed by atoms with Crippen molar-refractivity contribution >= 4 is 0 Å². The second-order valence-corrected chi connectivity index (χ2v) is 6.00. The topological polar surface area (TPSA) is 25.2 Å². The van der Waals surface area contributed by atoms with Gasteiger partial charge in [-0.25, -0.2) is 0 Å². The normalized spacial score (nSPS) is 19.7. The van der Waals surface area contributed by atoms with Crippen LogP contribution in [-0.2, 0) is 6.42 Å². The lowest BCUT2D eigenvalue weighted by atomic mass is 9.94. The van der Waals surface area contributed by atoms with Crippen molar-refractivity contribution in [3.8, 4) is 0 Å². The van der Waals surface area contributed by atoms with Crippen LogP contribution in [-0.4, -0.2) is 9.67 Å². The molecule has 1 heterocycles. The second-order valence-electron chi connectivity index (χ2n) is 6.00. The molecular weight excluding hydrogens is 246 g/mol. The van der Waals surface area contributed by atoms with Gasteiger partial charge in [-0.3, -0.25) is 0 Å². The molecule has 106 valence electrons. The first kappa shape index (κ1) is 13.4. The molecular formula is C18H23NO. The van der Waals surface area contributed by atoms with E-state index in [1.807, 2.05) is 0 Å². The summed E-state index contributed by atoms with van der Waals surface area (Å²) >= 11 is 0. The molecule has 0 aliphatic heterocycles. The molecule has 0 spiro atoms. The van der Waals surface area contributed by atoms with E-state index < -0.39 is 0 Å². The van der Waals surface area contributed by atoms with E-state index in [0.717, 1.165) is 24.8 Å². The molecule has 0 saturated carbocycles. The first-order valence-electron chi connectivity index (χ1n) is 7.53. The van der Waals surface area contributed by atoms with E-state index in [4.69, 9.17) is 0 Å². The number of aliphatic hydroxyl groups is 1. The molecule has 1 aromatic heterocycles. The molecule has 3 rings (SSSR count). The van der Waals surface area contributed by atoms with Gasteiger partial charge in [0.1, 0.15) is 0 Å². The Balaban J connectivity index is 2.09. The van der Waals surface area contributed by atoms with Crippen LogP contribution < -0.4 is 0 Å². The highest BCUT2D eigenvalue weighted by Gasteiger charge is 2.25. The molecule has 20 heavy (non-hydrogen) atoms. The highest BCUT2D eigenvalue weighted by atomic mass is 16.3. The molecule has 1 aromatic carbocycles. The number of hydrogen-bond acceptors (Lipinski definition) is 1. The van der Waals surface area contributed by atoms with Crippen molar-refractivity contribution in [3.63, 3.8) is 0 Å². The Morgan fingerprint density at radius 2 is 2.00 bits per heavy atom. The first-order valence-corrected chi connectivity index (χ1v) is 7.53. The third-order valence-corrected chi connectivity index (χ3v) is 4.64. The van der Waals surface area contributed by atoms with E-state index in [-0.39, 0.29) is 6.10 Å². The van der Waals surface area contributed by atoms with Crippen molar-refractivity contribution in [1.29, 1.82) is 0 Å². The summed E-state index contributed by atoms with van der Waals surface area (Å²) in [5.74, 6) is 0. The Hall–Kier alpha value is -1.54. The van der Waals surface area contributed by atoms with Gasteiger partial charge >= 0.3 is 0 Å². The molecule has 0 saturated heterocycles. The van der Waals surface area contributed by atoms with Crippen molar-refractivity contribution in [1.82, 2.24) is 4.57 Å². The van der Waals surface area contributed by atoms with E-state index >= 15 is 0 Å². The first-order chi connectivity index (χ1) is 9.59. The number of aromatic nitrogens is 1. The molecule has 0 radical (unpaired) electrons. The maximum Gasteiger partial charge on any atom is 0.0807 e. The number of hydrogen-bond donors (Lipinski definition) is 1. The van der Waals surface area contributed by atoms with Gasteiger partial charge in [0.25, 0.3) is 0 Å². The molecule has 2 atom stereocenters. The predicted octanol–water partition coefficient (Wildman–Crippen LogP) is 4.08. The second kappa shape index (κ2) is 5.10. The molecule has 0 fully saturated rings. The lowest BCUT2D eigenvalue weighted by Gasteiger charge is -2.25. The van der Waals surface area contributed by atoms with Gasteiger partial charge in [-0.05, 0) is 57.2 Å². The summed E-state index contributed by atoms with van der Waals surface area (Å²) in [6.45, 7) is 6.59. The molecule has 1 aliphatic rings. The molecule has 0 amide bonds. The zero-order valence-corrected chi connectivity index (χ0v) is 12.6. The quantitative estimate of drug-likeness (QED) is 0.873. The lowest BCUT2D eigenvalue weighted by Crippen LogP contribution is -2.16. The van der Waals surface area contributed by atoms with Crippen LogP contribution in [0.25, 0.3) is 0 Å². The van der Waals surface area contributed by atoms with Crippen LogP contribution >= 0.6 is 0 Å². The number of nitrogens with zero attached hydrogens (tertiary/aromatic N) is 1. The zero-order valence-electron chi connectivity index (χ0n) is 12.6.